The predicted molar refractivity (Wildman–Crippen MR) is 85.1 cm³/mol. The number of ether oxygens (including phenoxy) is 1. The molecule has 0 bridgehead atoms. The molecule has 108 valence electrons. The van der Waals surface area contributed by atoms with Gasteiger partial charge in [0.25, 0.3) is 0 Å². The molecule has 1 heterocycles. The molecule has 1 aromatic carbocycles. The zero-order chi connectivity index (χ0) is 14.9. The molecular weight excluding hydrogens is 318 g/mol. The van der Waals surface area contributed by atoms with Gasteiger partial charge in [-0.25, -0.2) is 4.98 Å². The molecule has 5 heteroatoms. The molecule has 0 spiro atoms. The largest absolute Gasteiger partial charge is 0.496 e. The number of rotatable bonds is 4. The van der Waals surface area contributed by atoms with E-state index >= 15 is 0 Å². The van der Waals surface area contributed by atoms with E-state index in [4.69, 9.17) is 15.5 Å². The van der Waals surface area contributed by atoms with E-state index in [0.29, 0.717) is 6.54 Å². The summed E-state index contributed by atoms with van der Waals surface area (Å²) in [7, 11) is 3.69. The first-order valence-electron chi connectivity index (χ1n) is 6.56. The van der Waals surface area contributed by atoms with Crippen molar-refractivity contribution in [2.24, 2.45) is 12.8 Å². The van der Waals surface area contributed by atoms with E-state index in [-0.39, 0.29) is 0 Å². The molecule has 0 atom stereocenters. The highest BCUT2D eigenvalue weighted by molar-refractivity contribution is 9.10. The van der Waals surface area contributed by atoms with Gasteiger partial charge in [-0.3, -0.25) is 0 Å². The Morgan fingerprint density at radius 2 is 2.00 bits per heavy atom. The Kier molecular flexibility index (Phi) is 4.50. The van der Waals surface area contributed by atoms with Crippen molar-refractivity contribution in [3.8, 4) is 17.0 Å². The quantitative estimate of drug-likeness (QED) is 0.932. The van der Waals surface area contributed by atoms with Crippen LogP contribution in [0.2, 0.25) is 0 Å². The van der Waals surface area contributed by atoms with E-state index in [0.717, 1.165) is 45.0 Å². The maximum atomic E-state index is 5.63. The Morgan fingerprint density at radius 1 is 1.30 bits per heavy atom. The summed E-state index contributed by atoms with van der Waals surface area (Å²) in [5.74, 6) is 1.89. The number of aromatic nitrogens is 2. The molecule has 0 aliphatic carbocycles. The van der Waals surface area contributed by atoms with Crippen LogP contribution >= 0.6 is 15.9 Å². The number of benzene rings is 1. The van der Waals surface area contributed by atoms with Crippen LogP contribution in [0.15, 0.2) is 16.7 Å². The van der Waals surface area contributed by atoms with Gasteiger partial charge in [0.15, 0.2) is 0 Å². The van der Waals surface area contributed by atoms with Crippen LogP contribution in [0.5, 0.6) is 5.75 Å². The summed E-state index contributed by atoms with van der Waals surface area (Å²) < 4.78 is 8.38. The summed E-state index contributed by atoms with van der Waals surface area (Å²) >= 11 is 3.63. The summed E-state index contributed by atoms with van der Waals surface area (Å²) in [6.07, 6.45) is 0.767. The van der Waals surface area contributed by atoms with Crippen LogP contribution in [-0.4, -0.2) is 23.2 Å². The Bertz CT molecular complexity index is 635. The number of nitrogens with zero attached hydrogens (tertiary/aromatic N) is 2. The summed E-state index contributed by atoms with van der Waals surface area (Å²) in [5.41, 5.74) is 9.96. The first-order chi connectivity index (χ1) is 9.49. The highest BCUT2D eigenvalue weighted by atomic mass is 79.9. The number of imidazole rings is 1. The first-order valence-corrected chi connectivity index (χ1v) is 7.35. The van der Waals surface area contributed by atoms with Crippen molar-refractivity contribution in [3.63, 3.8) is 0 Å². The fourth-order valence-corrected chi connectivity index (χ4v) is 2.82. The Labute approximate surface area is 128 Å². The number of hydrogen-bond acceptors (Lipinski definition) is 3. The predicted octanol–water partition coefficient (Wildman–Crippen LogP) is 2.98. The highest BCUT2D eigenvalue weighted by Gasteiger charge is 2.16. The lowest BCUT2D eigenvalue weighted by Gasteiger charge is -2.10. The zero-order valence-electron chi connectivity index (χ0n) is 12.3. The van der Waals surface area contributed by atoms with Crippen molar-refractivity contribution < 1.29 is 4.74 Å². The molecule has 0 saturated heterocycles. The van der Waals surface area contributed by atoms with Crippen LogP contribution < -0.4 is 10.5 Å². The molecule has 0 amide bonds. The van der Waals surface area contributed by atoms with Crippen molar-refractivity contribution in [2.75, 3.05) is 13.7 Å². The van der Waals surface area contributed by atoms with E-state index < -0.39 is 0 Å². The molecule has 20 heavy (non-hydrogen) atoms. The fraction of sp³-hybridized carbons (Fsp3) is 0.400. The lowest BCUT2D eigenvalue weighted by molar-refractivity contribution is 0.411. The van der Waals surface area contributed by atoms with Gasteiger partial charge in [-0.15, -0.1) is 0 Å². The number of hydrogen-bond donors (Lipinski definition) is 1. The molecule has 0 radical (unpaired) electrons. The molecule has 4 nitrogen and oxygen atoms in total. The van der Waals surface area contributed by atoms with Crippen molar-refractivity contribution in [1.29, 1.82) is 0 Å². The van der Waals surface area contributed by atoms with Crippen molar-refractivity contribution in [3.05, 3.63) is 33.7 Å². The van der Waals surface area contributed by atoms with E-state index in [2.05, 4.69) is 28.9 Å². The molecule has 0 unspecified atom stereocenters. The maximum absolute atomic E-state index is 5.63. The lowest BCUT2D eigenvalue weighted by atomic mass is 10.0. The Balaban J connectivity index is 2.57. The van der Waals surface area contributed by atoms with Crippen molar-refractivity contribution >= 4 is 15.9 Å². The van der Waals surface area contributed by atoms with Gasteiger partial charge in [0.2, 0.25) is 0 Å². The minimum absolute atomic E-state index is 0.595. The third-order valence-electron chi connectivity index (χ3n) is 3.48. The highest BCUT2D eigenvalue weighted by Crippen LogP contribution is 2.34. The van der Waals surface area contributed by atoms with Crippen LogP contribution in [0.4, 0.5) is 0 Å². The van der Waals surface area contributed by atoms with Gasteiger partial charge < -0.3 is 15.0 Å². The van der Waals surface area contributed by atoms with E-state index in [1.807, 2.05) is 24.6 Å². The zero-order valence-corrected chi connectivity index (χ0v) is 13.9. The average molecular weight is 338 g/mol. The van der Waals surface area contributed by atoms with Gasteiger partial charge in [-0.1, -0.05) is 0 Å². The summed E-state index contributed by atoms with van der Waals surface area (Å²) in [5, 5.41) is 0. The van der Waals surface area contributed by atoms with E-state index in [1.165, 1.54) is 0 Å². The van der Waals surface area contributed by atoms with Crippen LogP contribution in [-0.2, 0) is 13.5 Å². The van der Waals surface area contributed by atoms with Crippen molar-refractivity contribution in [1.82, 2.24) is 9.55 Å². The number of halogens is 1. The Hall–Kier alpha value is -1.33. The molecule has 1 aromatic heterocycles. The topological polar surface area (TPSA) is 53.1 Å². The van der Waals surface area contributed by atoms with Crippen molar-refractivity contribution in [2.45, 2.75) is 20.3 Å². The molecule has 0 fully saturated rings. The molecule has 2 N–H and O–H groups in total. The number of nitrogens with two attached hydrogens (primary N) is 1. The van der Waals surface area contributed by atoms with Gasteiger partial charge in [-0.05, 0) is 59.6 Å². The van der Waals surface area contributed by atoms with Crippen LogP contribution in [0, 0.1) is 13.8 Å². The summed E-state index contributed by atoms with van der Waals surface area (Å²) in [6.45, 7) is 4.71. The standard InChI is InChI=1S/C15H20BrN3O/c1-9-8-12(20-4)10(2)7-11(9)14-15(16)19(3)13(18-14)5-6-17/h7-8H,5-6,17H2,1-4H3. The van der Waals surface area contributed by atoms with E-state index in [1.54, 1.807) is 7.11 Å². The molecule has 0 saturated carbocycles. The second-order valence-electron chi connectivity index (χ2n) is 4.90. The average Bonchev–Trinajstić information content (AvgIpc) is 2.70. The van der Waals surface area contributed by atoms with Gasteiger partial charge in [0.05, 0.1) is 7.11 Å². The third kappa shape index (κ3) is 2.60. The molecule has 0 aliphatic rings. The Morgan fingerprint density at radius 3 is 2.60 bits per heavy atom. The van der Waals surface area contributed by atoms with Gasteiger partial charge in [0.1, 0.15) is 21.9 Å². The maximum Gasteiger partial charge on any atom is 0.122 e. The third-order valence-corrected chi connectivity index (χ3v) is 4.39. The van der Waals surface area contributed by atoms with Crippen LogP contribution in [0.25, 0.3) is 11.3 Å². The SMILES string of the molecule is COc1cc(C)c(-c2nc(CCN)n(C)c2Br)cc1C. The van der Waals surface area contributed by atoms with Gasteiger partial charge >= 0.3 is 0 Å². The normalized spacial score (nSPS) is 10.9. The van der Waals surface area contributed by atoms with Crippen LogP contribution in [0.3, 0.4) is 0 Å². The summed E-state index contributed by atoms with van der Waals surface area (Å²) in [6, 6.07) is 4.17. The minimum Gasteiger partial charge on any atom is -0.496 e. The summed E-state index contributed by atoms with van der Waals surface area (Å²) in [4.78, 5) is 4.72. The molecule has 2 rings (SSSR count). The monoisotopic (exact) mass is 337 g/mol. The van der Waals surface area contributed by atoms with E-state index in [9.17, 15) is 0 Å². The molecule has 2 aromatic rings. The first kappa shape index (κ1) is 15.1. The smallest absolute Gasteiger partial charge is 0.122 e. The number of methoxy groups -OCH3 is 1. The minimum atomic E-state index is 0.595. The second-order valence-corrected chi connectivity index (χ2v) is 5.65. The van der Waals surface area contributed by atoms with Gasteiger partial charge in [-0.2, -0.15) is 0 Å². The fourth-order valence-electron chi connectivity index (χ4n) is 2.31. The van der Waals surface area contributed by atoms with Gasteiger partial charge in [0, 0.05) is 19.0 Å². The molecular formula is C15H20BrN3O. The van der Waals surface area contributed by atoms with Crippen LogP contribution in [0.1, 0.15) is 17.0 Å². The lowest BCUT2D eigenvalue weighted by Crippen LogP contribution is -2.07. The second kappa shape index (κ2) is 5.97. The molecule has 0 aliphatic heterocycles. The number of aryl methyl sites for hydroxylation is 2.